The molecule has 0 spiro atoms. The molecule has 0 unspecified atom stereocenters. The van der Waals surface area contributed by atoms with Gasteiger partial charge in [-0.15, -0.1) is 0 Å². The van der Waals surface area contributed by atoms with Gasteiger partial charge in [0.2, 0.25) is 11.8 Å². The molecule has 3 heterocycles. The van der Waals surface area contributed by atoms with Crippen molar-refractivity contribution in [2.45, 2.75) is 39.2 Å². The smallest absolute Gasteiger partial charge is 0.258 e. The number of aromatic nitrogens is 4. The van der Waals surface area contributed by atoms with Crippen LogP contribution >= 0.6 is 0 Å². The van der Waals surface area contributed by atoms with Crippen molar-refractivity contribution in [3.8, 4) is 11.8 Å². The molecule has 0 N–H and O–H groups in total. The molecule has 8 heteroatoms. The summed E-state index contributed by atoms with van der Waals surface area (Å²) < 4.78 is 6.16. The second kappa shape index (κ2) is 9.97. The van der Waals surface area contributed by atoms with Gasteiger partial charge in [-0.2, -0.15) is 4.98 Å². The van der Waals surface area contributed by atoms with Crippen LogP contribution in [0.3, 0.4) is 0 Å². The van der Waals surface area contributed by atoms with E-state index in [4.69, 9.17) is 9.57 Å². The Morgan fingerprint density at radius 1 is 1.03 bits per heavy atom. The zero-order valence-corrected chi connectivity index (χ0v) is 17.8. The number of nitrogens with zero attached hydrogens (tertiary/aromatic N) is 6. The number of anilines is 1. The first-order valence-electron chi connectivity index (χ1n) is 10.5. The van der Waals surface area contributed by atoms with Crippen molar-refractivity contribution in [3.05, 3.63) is 65.7 Å². The Balaban J connectivity index is 1.33. The van der Waals surface area contributed by atoms with E-state index < -0.39 is 0 Å². The predicted molar refractivity (Wildman–Crippen MR) is 119 cm³/mol. The molecular formula is C23H26N6O2. The van der Waals surface area contributed by atoms with Crippen LogP contribution in [-0.4, -0.2) is 45.3 Å². The molecule has 3 aromatic rings. The van der Waals surface area contributed by atoms with Gasteiger partial charge in [0.25, 0.3) is 5.88 Å². The van der Waals surface area contributed by atoms with Crippen molar-refractivity contribution in [3.63, 3.8) is 0 Å². The Morgan fingerprint density at radius 3 is 2.45 bits per heavy atom. The molecule has 0 bridgehead atoms. The van der Waals surface area contributed by atoms with Crippen molar-refractivity contribution in [1.82, 2.24) is 19.9 Å². The first-order valence-corrected chi connectivity index (χ1v) is 10.5. The molecule has 2 aromatic heterocycles. The highest BCUT2D eigenvalue weighted by Gasteiger charge is 2.24. The van der Waals surface area contributed by atoms with Crippen LogP contribution in [0.25, 0.3) is 0 Å². The van der Waals surface area contributed by atoms with Crippen molar-refractivity contribution < 1.29 is 9.57 Å². The number of piperidine rings is 1. The molecule has 0 radical (unpaired) electrons. The van der Waals surface area contributed by atoms with E-state index in [1.807, 2.05) is 49.6 Å². The number of benzene rings is 1. The summed E-state index contributed by atoms with van der Waals surface area (Å²) in [5, 5.41) is 4.03. The van der Waals surface area contributed by atoms with E-state index in [-0.39, 0.29) is 6.10 Å². The predicted octanol–water partition coefficient (Wildman–Crippen LogP) is 3.60. The van der Waals surface area contributed by atoms with Crippen LogP contribution in [0.1, 0.15) is 36.5 Å². The lowest BCUT2D eigenvalue weighted by Gasteiger charge is -2.32. The largest absolute Gasteiger partial charge is 0.474 e. The Kier molecular flexibility index (Phi) is 6.66. The fraction of sp³-hybridized carbons (Fsp3) is 0.348. The Bertz CT molecular complexity index is 1000. The number of oxime groups is 1. The monoisotopic (exact) mass is 418 g/mol. The van der Waals surface area contributed by atoms with E-state index in [0.717, 1.165) is 55.0 Å². The quantitative estimate of drug-likeness (QED) is 0.428. The SMILES string of the molecule is CCc1cnc(N2CCC(Oc3ncnc(ON=Cc4ccccc4)c3C)CC2)nc1. The Labute approximate surface area is 182 Å². The number of hydrogen-bond acceptors (Lipinski definition) is 8. The highest BCUT2D eigenvalue weighted by molar-refractivity contribution is 5.78. The fourth-order valence-electron chi connectivity index (χ4n) is 3.33. The van der Waals surface area contributed by atoms with Crippen molar-refractivity contribution in [2.75, 3.05) is 18.0 Å². The van der Waals surface area contributed by atoms with Gasteiger partial charge in [-0.05, 0) is 24.5 Å². The van der Waals surface area contributed by atoms with Gasteiger partial charge in [-0.3, -0.25) is 0 Å². The molecule has 1 fully saturated rings. The molecule has 0 aliphatic carbocycles. The van der Waals surface area contributed by atoms with Gasteiger partial charge in [-0.1, -0.05) is 42.4 Å². The van der Waals surface area contributed by atoms with Crippen LogP contribution < -0.4 is 14.5 Å². The molecule has 1 aliphatic rings. The molecule has 4 rings (SSSR count). The molecule has 1 aromatic carbocycles. The molecule has 0 saturated carbocycles. The second-order valence-electron chi connectivity index (χ2n) is 7.39. The van der Waals surface area contributed by atoms with Gasteiger partial charge in [0.05, 0.1) is 11.8 Å². The minimum absolute atomic E-state index is 0.0698. The summed E-state index contributed by atoms with van der Waals surface area (Å²) in [4.78, 5) is 25.1. The van der Waals surface area contributed by atoms with E-state index in [2.05, 4.69) is 36.9 Å². The summed E-state index contributed by atoms with van der Waals surface area (Å²) in [5.74, 6) is 1.70. The molecule has 160 valence electrons. The zero-order valence-electron chi connectivity index (χ0n) is 17.8. The molecule has 31 heavy (non-hydrogen) atoms. The lowest BCUT2D eigenvalue weighted by atomic mass is 10.1. The average Bonchev–Trinajstić information content (AvgIpc) is 2.83. The number of ether oxygens (including phenoxy) is 1. The Morgan fingerprint density at radius 2 is 1.74 bits per heavy atom. The summed E-state index contributed by atoms with van der Waals surface area (Å²) in [6.45, 7) is 5.65. The van der Waals surface area contributed by atoms with Gasteiger partial charge in [0, 0.05) is 38.3 Å². The lowest BCUT2D eigenvalue weighted by molar-refractivity contribution is 0.160. The van der Waals surface area contributed by atoms with Crippen LogP contribution in [0.4, 0.5) is 5.95 Å². The highest BCUT2D eigenvalue weighted by Crippen LogP contribution is 2.26. The number of hydrogen-bond donors (Lipinski definition) is 0. The van der Waals surface area contributed by atoms with Crippen LogP contribution in [0.15, 0.2) is 54.2 Å². The third kappa shape index (κ3) is 5.33. The first-order chi connectivity index (χ1) is 15.2. The second-order valence-corrected chi connectivity index (χ2v) is 7.39. The topological polar surface area (TPSA) is 85.6 Å². The Hall–Kier alpha value is -3.55. The summed E-state index contributed by atoms with van der Waals surface area (Å²) in [6, 6.07) is 9.74. The summed E-state index contributed by atoms with van der Waals surface area (Å²) in [5.41, 5.74) is 2.83. The van der Waals surface area contributed by atoms with E-state index in [0.29, 0.717) is 11.8 Å². The average molecular weight is 419 g/mol. The lowest BCUT2D eigenvalue weighted by Crippen LogP contribution is -2.39. The number of aryl methyl sites for hydroxylation is 1. The van der Waals surface area contributed by atoms with Crippen molar-refractivity contribution in [1.29, 1.82) is 0 Å². The summed E-state index contributed by atoms with van der Waals surface area (Å²) in [7, 11) is 0. The van der Waals surface area contributed by atoms with Gasteiger partial charge in [-0.25, -0.2) is 15.0 Å². The third-order valence-corrected chi connectivity index (χ3v) is 5.24. The zero-order chi connectivity index (χ0) is 21.5. The molecule has 0 amide bonds. The highest BCUT2D eigenvalue weighted by atomic mass is 16.6. The van der Waals surface area contributed by atoms with E-state index in [1.165, 1.54) is 6.33 Å². The van der Waals surface area contributed by atoms with Gasteiger partial charge in [0.15, 0.2) is 0 Å². The van der Waals surface area contributed by atoms with Crippen LogP contribution in [0.5, 0.6) is 11.8 Å². The van der Waals surface area contributed by atoms with Crippen molar-refractivity contribution >= 4 is 12.2 Å². The maximum absolute atomic E-state index is 6.16. The van der Waals surface area contributed by atoms with E-state index in [9.17, 15) is 0 Å². The van der Waals surface area contributed by atoms with E-state index >= 15 is 0 Å². The van der Waals surface area contributed by atoms with E-state index in [1.54, 1.807) is 6.21 Å². The first kappa shape index (κ1) is 20.7. The maximum atomic E-state index is 6.16. The molecule has 0 atom stereocenters. The normalized spacial score (nSPS) is 14.7. The molecule has 1 aliphatic heterocycles. The van der Waals surface area contributed by atoms with Crippen molar-refractivity contribution in [2.24, 2.45) is 5.16 Å². The van der Waals surface area contributed by atoms with Crippen LogP contribution in [0.2, 0.25) is 0 Å². The minimum Gasteiger partial charge on any atom is -0.474 e. The standard InChI is InChI=1S/C23H26N6O2/c1-3-18-13-24-23(25-14-18)29-11-9-20(10-12-29)30-21-17(2)22(27-16-26-21)31-28-15-19-7-5-4-6-8-19/h4-8,13-16,20H,3,9-12H2,1-2H3. The van der Waals surface area contributed by atoms with Gasteiger partial charge < -0.3 is 14.5 Å². The molecular weight excluding hydrogens is 392 g/mol. The minimum atomic E-state index is 0.0698. The number of rotatable bonds is 7. The molecule has 8 nitrogen and oxygen atoms in total. The molecule has 1 saturated heterocycles. The maximum Gasteiger partial charge on any atom is 0.258 e. The summed E-state index contributed by atoms with van der Waals surface area (Å²) >= 11 is 0. The van der Waals surface area contributed by atoms with Gasteiger partial charge in [0.1, 0.15) is 12.4 Å². The fourth-order valence-corrected chi connectivity index (χ4v) is 3.33. The van der Waals surface area contributed by atoms with Gasteiger partial charge >= 0.3 is 0 Å². The van der Waals surface area contributed by atoms with Crippen LogP contribution in [-0.2, 0) is 6.42 Å². The summed E-state index contributed by atoms with van der Waals surface area (Å²) in [6.07, 6.45) is 9.63. The van der Waals surface area contributed by atoms with Crippen LogP contribution in [0, 0.1) is 6.92 Å². The third-order valence-electron chi connectivity index (χ3n) is 5.24.